The number of benzene rings is 3. The second kappa shape index (κ2) is 14.5. The van der Waals surface area contributed by atoms with Crippen LogP contribution in [0.3, 0.4) is 0 Å². The minimum absolute atomic E-state index is 0.0214. The van der Waals surface area contributed by atoms with E-state index in [9.17, 15) is 9.90 Å². The third-order valence-electron chi connectivity index (χ3n) is 10.6. The van der Waals surface area contributed by atoms with E-state index in [0.29, 0.717) is 46.5 Å². The molecule has 2 saturated heterocycles. The average molecular weight is 706 g/mol. The van der Waals surface area contributed by atoms with E-state index in [4.69, 9.17) is 32.7 Å². The molecule has 7 rings (SSSR count). The minimum Gasteiger partial charge on any atom is -0.496 e. The largest absolute Gasteiger partial charge is 0.496 e. The predicted octanol–water partition coefficient (Wildman–Crippen LogP) is 6.55. The number of carbonyl (C=O) groups excluding carboxylic acids is 1. The van der Waals surface area contributed by atoms with Crippen LogP contribution < -0.4 is 25.0 Å². The summed E-state index contributed by atoms with van der Waals surface area (Å²) in [5.74, 6) is 1.79. The smallest absolute Gasteiger partial charge is 0.252 e. The van der Waals surface area contributed by atoms with E-state index in [1.807, 2.05) is 12.1 Å². The predicted molar refractivity (Wildman–Crippen MR) is 196 cm³/mol. The van der Waals surface area contributed by atoms with E-state index in [-0.39, 0.29) is 18.0 Å². The van der Waals surface area contributed by atoms with Crippen LogP contribution in [0.1, 0.15) is 61.0 Å². The van der Waals surface area contributed by atoms with Gasteiger partial charge in [0.05, 0.1) is 35.9 Å². The van der Waals surface area contributed by atoms with Crippen molar-refractivity contribution in [3.8, 4) is 11.5 Å². The summed E-state index contributed by atoms with van der Waals surface area (Å²) < 4.78 is 11.7. The number of fused-ring (bicyclic) bond motifs is 2. The zero-order valence-corrected chi connectivity index (χ0v) is 30.0. The number of nitrogens with zero attached hydrogens (tertiary/aromatic N) is 2. The molecule has 10 heteroatoms. The summed E-state index contributed by atoms with van der Waals surface area (Å²) in [5.41, 5.74) is 7.25. The average Bonchev–Trinajstić information content (AvgIpc) is 3.83. The molecule has 4 aliphatic rings. The van der Waals surface area contributed by atoms with Gasteiger partial charge >= 0.3 is 0 Å². The lowest BCUT2D eigenvalue weighted by Gasteiger charge is -2.41. The van der Waals surface area contributed by atoms with E-state index >= 15 is 0 Å². The van der Waals surface area contributed by atoms with Crippen LogP contribution in [0.5, 0.6) is 11.5 Å². The third-order valence-corrected chi connectivity index (χ3v) is 11.1. The lowest BCUT2D eigenvalue weighted by Crippen LogP contribution is -2.60. The lowest BCUT2D eigenvalue weighted by atomic mass is 9.83. The van der Waals surface area contributed by atoms with Crippen LogP contribution in [0.4, 0.5) is 5.69 Å². The fraction of sp³-hybridized carbons (Fsp3) is 0.462. The summed E-state index contributed by atoms with van der Waals surface area (Å²) in [4.78, 5) is 19.1. The molecule has 2 bridgehead atoms. The second-order valence-electron chi connectivity index (χ2n) is 14.0. The molecule has 3 heterocycles. The van der Waals surface area contributed by atoms with Crippen LogP contribution in [-0.4, -0.2) is 73.9 Å². The Bertz CT molecular complexity index is 1700. The maximum absolute atomic E-state index is 14.6. The molecular weight excluding hydrogens is 659 g/mol. The van der Waals surface area contributed by atoms with Gasteiger partial charge in [0.2, 0.25) is 0 Å². The van der Waals surface area contributed by atoms with Gasteiger partial charge in [0.15, 0.2) is 5.75 Å². The quantitative estimate of drug-likeness (QED) is 0.209. The molecule has 0 radical (unpaired) electrons. The summed E-state index contributed by atoms with van der Waals surface area (Å²) >= 11 is 12.9. The fourth-order valence-corrected chi connectivity index (χ4v) is 8.23. The first-order valence-electron chi connectivity index (χ1n) is 17.5. The zero-order chi connectivity index (χ0) is 34.2. The Hall–Kier alpha value is -3.27. The second-order valence-corrected chi connectivity index (χ2v) is 14.8. The molecule has 260 valence electrons. The normalized spacial score (nSPS) is 22.7. The van der Waals surface area contributed by atoms with Crippen molar-refractivity contribution in [1.29, 1.82) is 0 Å². The van der Waals surface area contributed by atoms with Gasteiger partial charge in [-0.15, -0.1) is 0 Å². The van der Waals surface area contributed by atoms with Crippen molar-refractivity contribution < 1.29 is 19.4 Å². The Morgan fingerprint density at radius 3 is 2.53 bits per heavy atom. The first-order chi connectivity index (χ1) is 23.7. The summed E-state index contributed by atoms with van der Waals surface area (Å²) in [6, 6.07) is 18.9. The van der Waals surface area contributed by atoms with Crippen LogP contribution in [0.15, 0.2) is 60.2 Å². The van der Waals surface area contributed by atoms with Gasteiger partial charge in [-0.05, 0) is 97.7 Å². The van der Waals surface area contributed by atoms with E-state index in [0.717, 1.165) is 79.9 Å². The summed E-state index contributed by atoms with van der Waals surface area (Å²) in [5, 5.41) is 18.0. The molecule has 4 atom stereocenters. The molecule has 3 N–H and O–H groups in total. The van der Waals surface area contributed by atoms with E-state index in [1.165, 1.54) is 11.3 Å². The molecule has 0 aromatic heterocycles. The van der Waals surface area contributed by atoms with E-state index < -0.39 is 6.10 Å². The van der Waals surface area contributed by atoms with Crippen molar-refractivity contribution >= 4 is 40.4 Å². The molecule has 3 aromatic rings. The zero-order valence-electron chi connectivity index (χ0n) is 28.5. The van der Waals surface area contributed by atoms with Crippen molar-refractivity contribution in [3.05, 3.63) is 92.5 Å². The minimum atomic E-state index is -0.653. The monoisotopic (exact) mass is 704 g/mol. The third kappa shape index (κ3) is 7.31. The Kier molecular flexibility index (Phi) is 10.1. The Labute approximate surface area is 299 Å². The number of hydrogen-bond donors (Lipinski definition) is 3. The Morgan fingerprint density at radius 2 is 1.84 bits per heavy atom. The highest BCUT2D eigenvalue weighted by Crippen LogP contribution is 2.39. The molecule has 3 aromatic carbocycles. The van der Waals surface area contributed by atoms with Gasteiger partial charge in [0, 0.05) is 62.0 Å². The highest BCUT2D eigenvalue weighted by molar-refractivity contribution is 6.37. The van der Waals surface area contributed by atoms with E-state index in [1.54, 1.807) is 26.2 Å². The van der Waals surface area contributed by atoms with Gasteiger partial charge in [-0.1, -0.05) is 47.5 Å². The van der Waals surface area contributed by atoms with Crippen LogP contribution in [0, 0.1) is 12.8 Å². The Morgan fingerprint density at radius 1 is 1.08 bits per heavy atom. The lowest BCUT2D eigenvalue weighted by molar-refractivity contribution is -0.128. The maximum Gasteiger partial charge on any atom is 0.252 e. The molecule has 1 saturated carbocycles. The first kappa shape index (κ1) is 34.2. The van der Waals surface area contributed by atoms with Crippen molar-refractivity contribution in [2.45, 2.75) is 70.3 Å². The molecule has 3 aliphatic heterocycles. The number of piperazine rings is 1. The van der Waals surface area contributed by atoms with E-state index in [2.05, 4.69) is 57.7 Å². The molecular formula is C39H46Cl2N4O4. The van der Waals surface area contributed by atoms with Crippen LogP contribution in [0.25, 0.3) is 5.57 Å². The number of nitrogens with one attached hydrogen (secondary N) is 2. The number of aliphatic hydroxyl groups excluding tert-OH is 1. The highest BCUT2D eigenvalue weighted by Gasteiger charge is 2.41. The molecule has 1 amide bonds. The van der Waals surface area contributed by atoms with Crippen molar-refractivity contribution in [1.82, 2.24) is 15.5 Å². The summed E-state index contributed by atoms with van der Waals surface area (Å²) in [6.07, 6.45) is 3.25. The fourth-order valence-electron chi connectivity index (χ4n) is 7.62. The van der Waals surface area contributed by atoms with Crippen molar-refractivity contribution in [2.24, 2.45) is 5.92 Å². The number of methoxy groups -OCH3 is 1. The Balaban J connectivity index is 1.08. The molecule has 0 spiro atoms. The number of ether oxygens (including phenoxy) is 2. The summed E-state index contributed by atoms with van der Waals surface area (Å²) in [7, 11) is 1.70. The topological polar surface area (TPSA) is 86.3 Å². The van der Waals surface area contributed by atoms with Gasteiger partial charge in [0.25, 0.3) is 5.91 Å². The standard InChI is InChI=1S/C39H46Cl2N4O4/c1-23-27(5-4-6-36(23)48-3)21-45(31-11-12-31)39(47)37-32(17-29-18-42-19-35(37)43-29)26-7-9-30(10-8-26)44-14-13-25(20-44)22-49-38-33(40)15-28(24(2)46)16-34(38)41/h4-10,15-16,24-25,29,31,35,42-43,46H,11-14,17-22H2,1-3H3/t24-,25-,29-,35-/m1/s1. The first-order valence-corrected chi connectivity index (χ1v) is 18.2. The van der Waals surface area contributed by atoms with Crippen LogP contribution >= 0.6 is 23.2 Å². The number of hydrogen-bond acceptors (Lipinski definition) is 7. The molecule has 49 heavy (non-hydrogen) atoms. The van der Waals surface area contributed by atoms with Crippen molar-refractivity contribution in [2.75, 3.05) is 44.8 Å². The number of aliphatic hydroxyl groups is 1. The molecule has 3 fully saturated rings. The van der Waals surface area contributed by atoms with Crippen molar-refractivity contribution in [3.63, 3.8) is 0 Å². The van der Waals surface area contributed by atoms with Gasteiger partial charge in [-0.25, -0.2) is 0 Å². The molecule has 8 nitrogen and oxygen atoms in total. The maximum atomic E-state index is 14.6. The highest BCUT2D eigenvalue weighted by atomic mass is 35.5. The number of rotatable bonds is 11. The van der Waals surface area contributed by atoms with Gasteiger partial charge < -0.3 is 35.0 Å². The number of carbonyl (C=O) groups is 1. The van der Waals surface area contributed by atoms with Gasteiger partial charge in [0.1, 0.15) is 5.75 Å². The number of halogens is 2. The molecule has 0 unspecified atom stereocenters. The molecule has 1 aliphatic carbocycles. The van der Waals surface area contributed by atoms with Gasteiger partial charge in [-0.3, -0.25) is 4.79 Å². The number of amides is 1. The number of anilines is 1. The summed E-state index contributed by atoms with van der Waals surface area (Å²) in [6.45, 7) is 8.29. The van der Waals surface area contributed by atoms with Crippen LogP contribution in [0.2, 0.25) is 10.0 Å². The SMILES string of the molecule is COc1cccc(CN(C(=O)C2=C(c3ccc(N4CC[C@@H](COc5c(Cl)cc([C@@H](C)O)cc5Cl)C4)cc3)C[C@@H]3CNC[C@H]2N3)C2CC2)c1C. The van der Waals surface area contributed by atoms with Crippen LogP contribution in [-0.2, 0) is 11.3 Å². The van der Waals surface area contributed by atoms with Gasteiger partial charge in [-0.2, -0.15) is 0 Å².